The van der Waals surface area contributed by atoms with Crippen LogP contribution in [-0.4, -0.2) is 53.3 Å². The van der Waals surface area contributed by atoms with Gasteiger partial charge in [-0.05, 0) is 37.5 Å². The number of methoxy groups -OCH3 is 1. The van der Waals surface area contributed by atoms with Crippen molar-refractivity contribution in [3.05, 3.63) is 29.3 Å². The van der Waals surface area contributed by atoms with E-state index in [4.69, 9.17) is 4.74 Å². The maximum absolute atomic E-state index is 12.8. The van der Waals surface area contributed by atoms with Gasteiger partial charge in [0.05, 0.1) is 13.2 Å². The van der Waals surface area contributed by atoms with Crippen molar-refractivity contribution in [1.29, 1.82) is 0 Å². The van der Waals surface area contributed by atoms with E-state index in [1.54, 1.807) is 25.3 Å². The minimum atomic E-state index is -1.29. The molecule has 1 aromatic rings. The van der Waals surface area contributed by atoms with E-state index < -0.39 is 17.5 Å². The molecule has 0 bridgehead atoms. The molecule has 24 heavy (non-hydrogen) atoms. The van der Waals surface area contributed by atoms with Crippen LogP contribution in [0.4, 0.5) is 0 Å². The van der Waals surface area contributed by atoms with Crippen LogP contribution in [0.5, 0.6) is 5.75 Å². The van der Waals surface area contributed by atoms with Crippen LogP contribution in [-0.2, 0) is 4.79 Å². The topological polar surface area (TPSA) is 87.1 Å². The number of rotatable bonds is 5. The maximum atomic E-state index is 12.8. The maximum Gasteiger partial charge on any atom is 0.314 e. The van der Waals surface area contributed by atoms with Crippen LogP contribution < -0.4 is 4.74 Å². The van der Waals surface area contributed by atoms with Crippen molar-refractivity contribution in [1.82, 2.24) is 4.90 Å². The lowest BCUT2D eigenvalue weighted by atomic mass is 9.74. The molecule has 1 aliphatic heterocycles. The summed E-state index contributed by atoms with van der Waals surface area (Å²) in [6.45, 7) is 4.13. The van der Waals surface area contributed by atoms with Gasteiger partial charge in [-0.2, -0.15) is 0 Å². The SMILES string of the molecule is CCC[C@@]1(C(=O)O)CN(C(=O)c2ccc(C)c(OC)c2)CC[C@H]1O. The molecule has 0 unspecified atom stereocenters. The standard InChI is InChI=1S/C18H25NO5/c1-4-8-18(17(22)23)11-19(9-7-15(18)20)16(21)13-6-5-12(2)14(10-13)24-3/h5-6,10,15,20H,4,7-9,11H2,1-3H3,(H,22,23)/t15-,18-/m1/s1. The van der Waals surface area contributed by atoms with Gasteiger partial charge in [0.25, 0.3) is 5.91 Å². The second kappa shape index (κ2) is 7.21. The molecule has 1 heterocycles. The number of aliphatic hydroxyl groups is 1. The summed E-state index contributed by atoms with van der Waals surface area (Å²) in [5, 5.41) is 19.9. The van der Waals surface area contributed by atoms with Gasteiger partial charge >= 0.3 is 5.97 Å². The molecule has 2 atom stereocenters. The van der Waals surface area contributed by atoms with E-state index >= 15 is 0 Å². The molecule has 1 fully saturated rings. The van der Waals surface area contributed by atoms with Crippen LogP contribution in [0, 0.1) is 12.3 Å². The van der Waals surface area contributed by atoms with Crippen LogP contribution in [0.15, 0.2) is 18.2 Å². The largest absolute Gasteiger partial charge is 0.496 e. The summed E-state index contributed by atoms with van der Waals surface area (Å²) < 4.78 is 5.25. The Morgan fingerprint density at radius 3 is 2.71 bits per heavy atom. The quantitative estimate of drug-likeness (QED) is 0.860. The Hall–Kier alpha value is -2.08. The highest BCUT2D eigenvalue weighted by Crippen LogP contribution is 2.36. The average Bonchev–Trinajstić information content (AvgIpc) is 2.56. The van der Waals surface area contributed by atoms with Crippen LogP contribution in [0.3, 0.4) is 0 Å². The number of amides is 1. The Morgan fingerprint density at radius 1 is 1.42 bits per heavy atom. The molecule has 6 heteroatoms. The van der Waals surface area contributed by atoms with Crippen molar-refractivity contribution in [3.63, 3.8) is 0 Å². The van der Waals surface area contributed by atoms with Gasteiger partial charge in [-0.15, -0.1) is 0 Å². The first-order chi connectivity index (χ1) is 11.4. The van der Waals surface area contributed by atoms with Crippen molar-refractivity contribution >= 4 is 11.9 Å². The first kappa shape index (κ1) is 18.3. The van der Waals surface area contributed by atoms with Gasteiger partial charge in [0.1, 0.15) is 11.2 Å². The molecule has 6 nitrogen and oxygen atoms in total. The second-order valence-corrected chi connectivity index (χ2v) is 6.43. The summed E-state index contributed by atoms with van der Waals surface area (Å²) in [6.07, 6.45) is 0.293. The molecule has 132 valence electrons. The van der Waals surface area contributed by atoms with Crippen molar-refractivity contribution in [2.75, 3.05) is 20.2 Å². The lowest BCUT2D eigenvalue weighted by molar-refractivity contribution is -0.162. The summed E-state index contributed by atoms with van der Waals surface area (Å²) in [6, 6.07) is 5.19. The zero-order chi connectivity index (χ0) is 17.9. The fourth-order valence-corrected chi connectivity index (χ4v) is 3.40. The van der Waals surface area contributed by atoms with Crippen molar-refractivity contribution in [2.45, 2.75) is 39.2 Å². The number of carbonyl (C=O) groups excluding carboxylic acids is 1. The van der Waals surface area contributed by atoms with Gasteiger partial charge < -0.3 is 19.8 Å². The number of ether oxygens (including phenoxy) is 1. The number of carbonyl (C=O) groups is 2. The third-order valence-electron chi connectivity index (χ3n) is 4.85. The molecule has 1 amide bonds. The molecule has 0 spiro atoms. The third kappa shape index (κ3) is 3.24. The summed E-state index contributed by atoms with van der Waals surface area (Å²) in [4.78, 5) is 26.1. The van der Waals surface area contributed by atoms with Crippen LogP contribution in [0.1, 0.15) is 42.1 Å². The number of hydrogen-bond donors (Lipinski definition) is 2. The second-order valence-electron chi connectivity index (χ2n) is 6.43. The van der Waals surface area contributed by atoms with E-state index in [1.807, 2.05) is 13.8 Å². The number of nitrogens with zero attached hydrogens (tertiary/aromatic N) is 1. The van der Waals surface area contributed by atoms with E-state index in [-0.39, 0.29) is 18.9 Å². The Labute approximate surface area is 142 Å². The number of carboxylic acids is 1. The number of benzene rings is 1. The lowest BCUT2D eigenvalue weighted by Gasteiger charge is -2.43. The highest BCUT2D eigenvalue weighted by molar-refractivity contribution is 5.95. The first-order valence-electron chi connectivity index (χ1n) is 8.21. The monoisotopic (exact) mass is 335 g/mol. The van der Waals surface area contributed by atoms with E-state index in [9.17, 15) is 19.8 Å². The first-order valence-corrected chi connectivity index (χ1v) is 8.21. The number of hydrogen-bond acceptors (Lipinski definition) is 4. The Morgan fingerprint density at radius 2 is 2.12 bits per heavy atom. The molecule has 0 aromatic heterocycles. The van der Waals surface area contributed by atoms with Gasteiger partial charge in [0.15, 0.2) is 0 Å². The number of aryl methyl sites for hydroxylation is 1. The zero-order valence-corrected chi connectivity index (χ0v) is 14.4. The molecule has 2 N–H and O–H groups in total. The van der Waals surface area contributed by atoms with Crippen molar-refractivity contribution in [3.8, 4) is 5.75 Å². The van der Waals surface area contributed by atoms with Crippen LogP contribution in [0.2, 0.25) is 0 Å². The smallest absolute Gasteiger partial charge is 0.314 e. The predicted molar refractivity (Wildman–Crippen MR) is 89.2 cm³/mol. The normalized spacial score (nSPS) is 23.8. The molecule has 0 saturated carbocycles. The van der Waals surface area contributed by atoms with Gasteiger partial charge in [0, 0.05) is 18.7 Å². The molecule has 0 aliphatic carbocycles. The summed E-state index contributed by atoms with van der Waals surface area (Å²) in [5.41, 5.74) is 0.0934. The lowest BCUT2D eigenvalue weighted by Crippen LogP contribution is -2.57. The Bertz CT molecular complexity index is 630. The summed E-state index contributed by atoms with van der Waals surface area (Å²) in [5.74, 6) is -0.659. The number of piperidine rings is 1. The van der Waals surface area contributed by atoms with Gasteiger partial charge in [0.2, 0.25) is 0 Å². The molecule has 2 rings (SSSR count). The van der Waals surface area contributed by atoms with Gasteiger partial charge in [-0.25, -0.2) is 0 Å². The molecule has 1 saturated heterocycles. The van der Waals surface area contributed by atoms with E-state index in [2.05, 4.69) is 0 Å². The fraction of sp³-hybridized carbons (Fsp3) is 0.556. The van der Waals surface area contributed by atoms with Gasteiger partial charge in [-0.1, -0.05) is 19.4 Å². The molecule has 1 aromatic carbocycles. The molecular weight excluding hydrogens is 310 g/mol. The van der Waals surface area contributed by atoms with Crippen molar-refractivity contribution in [2.24, 2.45) is 5.41 Å². The van der Waals surface area contributed by atoms with Crippen molar-refractivity contribution < 1.29 is 24.5 Å². The summed E-state index contributed by atoms with van der Waals surface area (Å²) in [7, 11) is 1.55. The highest BCUT2D eigenvalue weighted by Gasteiger charge is 2.49. The predicted octanol–water partition coefficient (Wildman–Crippen LogP) is 2.08. The minimum absolute atomic E-state index is 0.0202. The number of likely N-dealkylation sites (tertiary alicyclic amines) is 1. The number of aliphatic carboxylic acids is 1. The Kier molecular flexibility index (Phi) is 5.49. The van der Waals surface area contributed by atoms with Crippen LogP contribution >= 0.6 is 0 Å². The fourth-order valence-electron chi connectivity index (χ4n) is 3.40. The Balaban J connectivity index is 2.28. The average molecular weight is 335 g/mol. The minimum Gasteiger partial charge on any atom is -0.496 e. The van der Waals surface area contributed by atoms with E-state index in [1.165, 1.54) is 4.90 Å². The summed E-state index contributed by atoms with van der Waals surface area (Å²) >= 11 is 0. The van der Waals surface area contributed by atoms with Gasteiger partial charge in [-0.3, -0.25) is 9.59 Å². The zero-order valence-electron chi connectivity index (χ0n) is 14.4. The van der Waals surface area contributed by atoms with E-state index in [0.29, 0.717) is 30.7 Å². The number of carboxylic acid groups (broad SMARTS) is 1. The molecule has 0 radical (unpaired) electrons. The molecule has 1 aliphatic rings. The third-order valence-corrected chi connectivity index (χ3v) is 4.85. The number of aliphatic hydroxyl groups excluding tert-OH is 1. The highest BCUT2D eigenvalue weighted by atomic mass is 16.5. The molecular formula is C18H25NO5. The van der Waals surface area contributed by atoms with Crippen LogP contribution in [0.25, 0.3) is 0 Å². The van der Waals surface area contributed by atoms with E-state index in [0.717, 1.165) is 5.56 Å².